The lowest BCUT2D eigenvalue weighted by atomic mass is 9.88. The number of rotatable bonds is 5. The van der Waals surface area contributed by atoms with Crippen molar-refractivity contribution in [2.24, 2.45) is 5.92 Å². The summed E-state index contributed by atoms with van der Waals surface area (Å²) in [6.07, 6.45) is 0. The van der Waals surface area contributed by atoms with E-state index in [0.29, 0.717) is 12.4 Å². The second kappa shape index (κ2) is 5.54. The standard InChI is InChI=1S/C13H18O3/c1-4-16-11-8-6-5-7-10(11)12(9(2)3)13(14)15/h5-9,12H,4H2,1-3H3,(H,14,15). The second-order valence-corrected chi connectivity index (χ2v) is 4.03. The quantitative estimate of drug-likeness (QED) is 0.833. The monoisotopic (exact) mass is 222 g/mol. The fourth-order valence-electron chi connectivity index (χ4n) is 1.80. The van der Waals surface area contributed by atoms with Gasteiger partial charge in [-0.3, -0.25) is 4.79 Å². The zero-order valence-corrected chi connectivity index (χ0v) is 9.93. The Balaban J connectivity index is 3.12. The molecule has 1 aromatic carbocycles. The molecule has 0 saturated carbocycles. The van der Waals surface area contributed by atoms with Crippen molar-refractivity contribution < 1.29 is 14.6 Å². The molecule has 3 nitrogen and oxygen atoms in total. The second-order valence-electron chi connectivity index (χ2n) is 4.03. The van der Waals surface area contributed by atoms with Gasteiger partial charge in [0.25, 0.3) is 0 Å². The molecule has 0 spiro atoms. The molecule has 16 heavy (non-hydrogen) atoms. The minimum atomic E-state index is -0.804. The number of benzene rings is 1. The van der Waals surface area contributed by atoms with Crippen LogP contribution in [0, 0.1) is 5.92 Å². The van der Waals surface area contributed by atoms with E-state index in [9.17, 15) is 9.90 Å². The lowest BCUT2D eigenvalue weighted by Crippen LogP contribution is -2.18. The highest BCUT2D eigenvalue weighted by molar-refractivity contribution is 5.77. The molecule has 0 saturated heterocycles. The van der Waals surface area contributed by atoms with Crippen LogP contribution in [0.4, 0.5) is 0 Å². The largest absolute Gasteiger partial charge is 0.494 e. The number of hydrogen-bond acceptors (Lipinski definition) is 2. The Bertz CT molecular complexity index is 358. The number of aliphatic carboxylic acids is 1. The number of para-hydroxylation sites is 1. The van der Waals surface area contributed by atoms with Crippen LogP contribution < -0.4 is 4.74 Å². The molecule has 3 heteroatoms. The topological polar surface area (TPSA) is 46.5 Å². The summed E-state index contributed by atoms with van der Waals surface area (Å²) in [6, 6.07) is 7.34. The summed E-state index contributed by atoms with van der Waals surface area (Å²) in [7, 11) is 0. The Morgan fingerprint density at radius 1 is 1.38 bits per heavy atom. The van der Waals surface area contributed by atoms with Gasteiger partial charge in [0, 0.05) is 5.56 Å². The molecule has 88 valence electrons. The number of hydrogen-bond donors (Lipinski definition) is 1. The van der Waals surface area contributed by atoms with Gasteiger partial charge in [-0.25, -0.2) is 0 Å². The highest BCUT2D eigenvalue weighted by Crippen LogP contribution is 2.32. The first-order valence-electron chi connectivity index (χ1n) is 5.52. The Kier molecular flexibility index (Phi) is 4.35. The van der Waals surface area contributed by atoms with Crippen LogP contribution in [0.15, 0.2) is 24.3 Å². The van der Waals surface area contributed by atoms with E-state index in [-0.39, 0.29) is 5.92 Å². The van der Waals surface area contributed by atoms with Crippen molar-refractivity contribution in [2.45, 2.75) is 26.7 Å². The zero-order chi connectivity index (χ0) is 12.1. The maximum atomic E-state index is 11.2. The summed E-state index contributed by atoms with van der Waals surface area (Å²) in [4.78, 5) is 11.2. The van der Waals surface area contributed by atoms with Gasteiger partial charge in [-0.2, -0.15) is 0 Å². The molecule has 0 heterocycles. The molecule has 0 aliphatic carbocycles. The lowest BCUT2D eigenvalue weighted by molar-refractivity contribution is -0.139. The van der Waals surface area contributed by atoms with Gasteiger partial charge < -0.3 is 9.84 Å². The minimum absolute atomic E-state index is 0.0408. The van der Waals surface area contributed by atoms with Crippen molar-refractivity contribution in [1.82, 2.24) is 0 Å². The highest BCUT2D eigenvalue weighted by Gasteiger charge is 2.26. The van der Waals surface area contributed by atoms with E-state index < -0.39 is 11.9 Å². The van der Waals surface area contributed by atoms with Crippen LogP contribution in [0.1, 0.15) is 32.3 Å². The van der Waals surface area contributed by atoms with E-state index in [1.54, 1.807) is 0 Å². The molecule has 0 aliphatic heterocycles. The Morgan fingerprint density at radius 2 is 2.00 bits per heavy atom. The molecule has 0 bridgehead atoms. The Hall–Kier alpha value is -1.51. The number of ether oxygens (including phenoxy) is 1. The zero-order valence-electron chi connectivity index (χ0n) is 9.93. The third-order valence-electron chi connectivity index (χ3n) is 2.49. The van der Waals surface area contributed by atoms with Gasteiger partial charge in [0.1, 0.15) is 5.75 Å². The van der Waals surface area contributed by atoms with Crippen LogP contribution in [0.3, 0.4) is 0 Å². The highest BCUT2D eigenvalue weighted by atomic mass is 16.5. The van der Waals surface area contributed by atoms with Gasteiger partial charge in [-0.1, -0.05) is 32.0 Å². The van der Waals surface area contributed by atoms with Gasteiger partial charge in [0.15, 0.2) is 0 Å². The summed E-state index contributed by atoms with van der Waals surface area (Å²) in [5.41, 5.74) is 0.756. The molecule has 1 aromatic rings. The summed E-state index contributed by atoms with van der Waals surface area (Å²) in [6.45, 7) is 6.24. The SMILES string of the molecule is CCOc1ccccc1C(C(=O)O)C(C)C. The van der Waals surface area contributed by atoms with Gasteiger partial charge >= 0.3 is 5.97 Å². The molecule has 0 radical (unpaired) electrons. The molecular weight excluding hydrogens is 204 g/mol. The summed E-state index contributed by atoms with van der Waals surface area (Å²) in [5.74, 6) is -0.602. The smallest absolute Gasteiger partial charge is 0.311 e. The number of carboxylic acids is 1. The minimum Gasteiger partial charge on any atom is -0.494 e. The maximum absolute atomic E-state index is 11.2. The van der Waals surface area contributed by atoms with Crippen LogP contribution in [0.5, 0.6) is 5.75 Å². The average molecular weight is 222 g/mol. The van der Waals surface area contributed by atoms with Crippen molar-refractivity contribution in [2.75, 3.05) is 6.61 Å². The average Bonchev–Trinajstić information content (AvgIpc) is 2.20. The normalized spacial score (nSPS) is 12.5. The van der Waals surface area contributed by atoms with Gasteiger partial charge in [0.05, 0.1) is 12.5 Å². The molecule has 0 amide bonds. The Labute approximate surface area is 96.1 Å². The number of carbonyl (C=O) groups is 1. The molecule has 1 atom stereocenters. The van der Waals surface area contributed by atoms with Crippen LogP contribution in [0.2, 0.25) is 0 Å². The van der Waals surface area contributed by atoms with Crippen LogP contribution >= 0.6 is 0 Å². The van der Waals surface area contributed by atoms with E-state index in [1.165, 1.54) is 0 Å². The third kappa shape index (κ3) is 2.75. The molecule has 1 N–H and O–H groups in total. The lowest BCUT2D eigenvalue weighted by Gasteiger charge is -2.19. The third-order valence-corrected chi connectivity index (χ3v) is 2.49. The van der Waals surface area contributed by atoms with Crippen molar-refractivity contribution >= 4 is 5.97 Å². The van der Waals surface area contributed by atoms with Gasteiger partial charge in [-0.15, -0.1) is 0 Å². The van der Waals surface area contributed by atoms with Gasteiger partial charge in [0.2, 0.25) is 0 Å². The van der Waals surface area contributed by atoms with Crippen molar-refractivity contribution in [3.8, 4) is 5.75 Å². The molecule has 1 rings (SSSR count). The fourth-order valence-corrected chi connectivity index (χ4v) is 1.80. The first-order chi connectivity index (χ1) is 7.57. The van der Waals surface area contributed by atoms with Crippen molar-refractivity contribution in [3.05, 3.63) is 29.8 Å². The predicted octanol–water partition coefficient (Wildman–Crippen LogP) is 2.91. The van der Waals surface area contributed by atoms with Crippen LogP contribution in [-0.4, -0.2) is 17.7 Å². The van der Waals surface area contributed by atoms with Gasteiger partial charge in [-0.05, 0) is 18.9 Å². The van der Waals surface area contributed by atoms with Crippen LogP contribution in [0.25, 0.3) is 0 Å². The first-order valence-corrected chi connectivity index (χ1v) is 5.52. The fraction of sp³-hybridized carbons (Fsp3) is 0.462. The Morgan fingerprint density at radius 3 is 2.50 bits per heavy atom. The predicted molar refractivity (Wildman–Crippen MR) is 62.8 cm³/mol. The van der Waals surface area contributed by atoms with E-state index in [0.717, 1.165) is 5.56 Å². The first kappa shape index (κ1) is 12.6. The molecule has 0 fully saturated rings. The summed E-state index contributed by atoms with van der Waals surface area (Å²) >= 11 is 0. The summed E-state index contributed by atoms with van der Waals surface area (Å²) in [5, 5.41) is 9.23. The molecule has 1 unspecified atom stereocenters. The van der Waals surface area contributed by atoms with Crippen molar-refractivity contribution in [1.29, 1.82) is 0 Å². The van der Waals surface area contributed by atoms with E-state index >= 15 is 0 Å². The van der Waals surface area contributed by atoms with Crippen LogP contribution in [-0.2, 0) is 4.79 Å². The van der Waals surface area contributed by atoms with E-state index in [4.69, 9.17) is 4.74 Å². The summed E-state index contributed by atoms with van der Waals surface area (Å²) < 4.78 is 5.45. The molecule has 0 aromatic heterocycles. The molecule has 0 aliphatic rings. The molecular formula is C13H18O3. The van der Waals surface area contributed by atoms with E-state index in [2.05, 4.69) is 0 Å². The van der Waals surface area contributed by atoms with E-state index in [1.807, 2.05) is 45.0 Å². The number of carboxylic acid groups (broad SMARTS) is 1. The maximum Gasteiger partial charge on any atom is 0.311 e. The van der Waals surface area contributed by atoms with Crippen molar-refractivity contribution in [3.63, 3.8) is 0 Å².